The Morgan fingerprint density at radius 1 is 1.20 bits per heavy atom. The normalized spacial score (nSPS) is 21.2. The molecule has 1 heterocycles. The maximum atomic E-state index is 8.78. The zero-order chi connectivity index (χ0) is 11.8. The zero-order valence-corrected chi connectivity index (χ0v) is 10.4. The maximum absolute atomic E-state index is 8.78. The second kappa shape index (κ2) is 8.08. The van der Waals surface area contributed by atoms with Crippen LogP contribution in [0.4, 0.5) is 0 Å². The first-order chi connectivity index (χ1) is 6.95. The quantitative estimate of drug-likeness (QED) is 0.692. The predicted molar refractivity (Wildman–Crippen MR) is 61.7 cm³/mol. The van der Waals surface area contributed by atoms with E-state index in [1.807, 2.05) is 13.8 Å². The van der Waals surface area contributed by atoms with E-state index in [4.69, 9.17) is 14.9 Å². The predicted octanol–water partition coefficient (Wildman–Crippen LogP) is 1.82. The molecule has 2 unspecified atom stereocenters. The molecule has 2 N–H and O–H groups in total. The van der Waals surface area contributed by atoms with E-state index in [2.05, 4.69) is 13.8 Å². The largest absolute Gasteiger partial charge is 0.394 e. The van der Waals surface area contributed by atoms with Gasteiger partial charge in [-0.15, -0.1) is 0 Å². The van der Waals surface area contributed by atoms with Crippen LogP contribution in [0.25, 0.3) is 0 Å². The topological polar surface area (TPSA) is 53.0 Å². The summed E-state index contributed by atoms with van der Waals surface area (Å²) < 4.78 is 5.02. The van der Waals surface area contributed by atoms with Gasteiger partial charge >= 0.3 is 0 Å². The molecule has 1 aliphatic rings. The van der Waals surface area contributed by atoms with Crippen molar-refractivity contribution in [3.05, 3.63) is 0 Å². The molecule has 1 saturated heterocycles. The summed E-state index contributed by atoms with van der Waals surface area (Å²) in [4.78, 5) is 0. The van der Waals surface area contributed by atoms with Gasteiger partial charge in [0.1, 0.15) is 0 Å². The first-order valence-corrected chi connectivity index (χ1v) is 5.86. The lowest BCUT2D eigenvalue weighted by molar-refractivity contribution is 0.0782. The molecule has 0 bridgehead atoms. The van der Waals surface area contributed by atoms with Crippen molar-refractivity contribution in [3.63, 3.8) is 0 Å². The number of aliphatic hydroxyl groups excluding tert-OH is 2. The van der Waals surface area contributed by atoms with E-state index in [9.17, 15) is 0 Å². The van der Waals surface area contributed by atoms with Crippen molar-refractivity contribution in [1.82, 2.24) is 0 Å². The number of epoxide rings is 1. The van der Waals surface area contributed by atoms with Crippen LogP contribution in [0.5, 0.6) is 0 Å². The van der Waals surface area contributed by atoms with Gasteiger partial charge in [-0.25, -0.2) is 0 Å². The number of hydrogen-bond acceptors (Lipinski definition) is 3. The van der Waals surface area contributed by atoms with Crippen molar-refractivity contribution >= 4 is 0 Å². The molecule has 92 valence electrons. The van der Waals surface area contributed by atoms with Gasteiger partial charge in [0.2, 0.25) is 0 Å². The highest BCUT2D eigenvalue weighted by Crippen LogP contribution is 2.17. The Balaban J connectivity index is 0.000000262. The Morgan fingerprint density at radius 3 is 1.87 bits per heavy atom. The third-order valence-electron chi connectivity index (χ3n) is 2.09. The average molecular weight is 218 g/mol. The van der Waals surface area contributed by atoms with Gasteiger partial charge in [-0.3, -0.25) is 0 Å². The second-order valence-electron chi connectivity index (χ2n) is 5.05. The molecule has 1 rings (SSSR count). The molecule has 0 aliphatic carbocycles. The first kappa shape index (κ1) is 14.9. The third-order valence-corrected chi connectivity index (χ3v) is 2.09. The molecule has 1 aliphatic heterocycles. The fourth-order valence-corrected chi connectivity index (χ4v) is 1.35. The second-order valence-corrected chi connectivity index (χ2v) is 5.05. The van der Waals surface area contributed by atoms with Gasteiger partial charge in [0.15, 0.2) is 0 Å². The molecule has 1 fully saturated rings. The van der Waals surface area contributed by atoms with Crippen molar-refractivity contribution in [3.8, 4) is 0 Å². The summed E-state index contributed by atoms with van der Waals surface area (Å²) in [5.74, 6) is 1.28. The van der Waals surface area contributed by atoms with E-state index in [1.165, 1.54) is 6.42 Å². The average Bonchev–Trinajstić information content (AvgIpc) is 2.87. The van der Waals surface area contributed by atoms with Gasteiger partial charge in [-0.2, -0.15) is 0 Å². The lowest BCUT2D eigenvalue weighted by Gasteiger charge is -2.08. The van der Waals surface area contributed by atoms with Crippen molar-refractivity contribution in [2.24, 2.45) is 11.8 Å². The Bertz CT molecular complexity index is 142. The van der Waals surface area contributed by atoms with Crippen LogP contribution in [0.15, 0.2) is 0 Å². The molecule has 3 nitrogen and oxygen atoms in total. The maximum Gasteiger partial charge on any atom is 0.0812 e. The van der Waals surface area contributed by atoms with Gasteiger partial charge in [0, 0.05) is 0 Å². The minimum atomic E-state index is -0.519. The van der Waals surface area contributed by atoms with Crippen LogP contribution in [-0.2, 0) is 4.74 Å². The van der Waals surface area contributed by atoms with Gasteiger partial charge < -0.3 is 14.9 Å². The van der Waals surface area contributed by atoms with Crippen LogP contribution in [-0.4, -0.2) is 35.6 Å². The number of ether oxygens (including phenoxy) is 1. The molecule has 0 aromatic rings. The van der Waals surface area contributed by atoms with Crippen molar-refractivity contribution < 1.29 is 14.9 Å². The highest BCUT2D eigenvalue weighted by Gasteiger charge is 2.22. The molecule has 2 atom stereocenters. The summed E-state index contributed by atoms with van der Waals surface area (Å²) in [5, 5.41) is 17.1. The number of rotatable bonds is 5. The van der Waals surface area contributed by atoms with Crippen LogP contribution in [0.3, 0.4) is 0 Å². The van der Waals surface area contributed by atoms with Crippen molar-refractivity contribution in [2.45, 2.75) is 52.7 Å². The summed E-state index contributed by atoms with van der Waals surface area (Å²) in [6, 6.07) is 0. The van der Waals surface area contributed by atoms with Gasteiger partial charge in [0.25, 0.3) is 0 Å². The zero-order valence-electron chi connectivity index (χ0n) is 10.4. The SMILES string of the molecule is CC(C)CC(O)CO.CC(C)CC1CO1. The summed E-state index contributed by atoms with van der Waals surface area (Å²) in [7, 11) is 0. The van der Waals surface area contributed by atoms with Crippen molar-refractivity contribution in [1.29, 1.82) is 0 Å². The monoisotopic (exact) mass is 218 g/mol. The number of aliphatic hydroxyl groups is 2. The van der Waals surface area contributed by atoms with E-state index >= 15 is 0 Å². The van der Waals surface area contributed by atoms with E-state index in [0.717, 1.165) is 12.5 Å². The number of hydrogen-bond donors (Lipinski definition) is 2. The minimum absolute atomic E-state index is 0.113. The van der Waals surface area contributed by atoms with Crippen LogP contribution in [0.1, 0.15) is 40.5 Å². The Morgan fingerprint density at radius 2 is 1.73 bits per heavy atom. The Hall–Kier alpha value is -0.120. The molecule has 0 aromatic carbocycles. The fraction of sp³-hybridized carbons (Fsp3) is 1.00. The van der Waals surface area contributed by atoms with Crippen molar-refractivity contribution in [2.75, 3.05) is 13.2 Å². The smallest absolute Gasteiger partial charge is 0.0812 e. The summed E-state index contributed by atoms with van der Waals surface area (Å²) in [6.07, 6.45) is 2.05. The van der Waals surface area contributed by atoms with E-state index in [-0.39, 0.29) is 6.61 Å². The first-order valence-electron chi connectivity index (χ1n) is 5.86. The van der Waals surface area contributed by atoms with Gasteiger partial charge in [-0.05, 0) is 24.7 Å². The Kier molecular flexibility index (Phi) is 8.02. The highest BCUT2D eigenvalue weighted by atomic mass is 16.6. The molecule has 0 radical (unpaired) electrons. The molecular weight excluding hydrogens is 192 g/mol. The summed E-state index contributed by atoms with van der Waals surface area (Å²) >= 11 is 0. The Labute approximate surface area is 93.5 Å². The van der Waals surface area contributed by atoms with Crippen LogP contribution in [0.2, 0.25) is 0 Å². The standard InChI is InChI=1S/C6H14O2.C6H12O/c1-5(2)3-6(8)4-7;1-5(2)3-6-4-7-6/h5-8H,3-4H2,1-2H3;5-6H,3-4H2,1-2H3. The minimum Gasteiger partial charge on any atom is -0.394 e. The fourth-order valence-electron chi connectivity index (χ4n) is 1.35. The molecule has 0 aromatic heterocycles. The van der Waals surface area contributed by atoms with Crippen LogP contribution >= 0.6 is 0 Å². The molecule has 15 heavy (non-hydrogen) atoms. The van der Waals surface area contributed by atoms with E-state index in [0.29, 0.717) is 18.4 Å². The van der Waals surface area contributed by atoms with Gasteiger partial charge in [0.05, 0.1) is 25.4 Å². The molecule has 0 amide bonds. The molecular formula is C12H26O3. The third kappa shape index (κ3) is 11.8. The molecule has 0 spiro atoms. The van der Waals surface area contributed by atoms with Gasteiger partial charge in [-0.1, -0.05) is 27.7 Å². The van der Waals surface area contributed by atoms with E-state index < -0.39 is 6.10 Å². The molecule has 3 heteroatoms. The summed E-state index contributed by atoms with van der Waals surface area (Å²) in [6.45, 7) is 9.37. The van der Waals surface area contributed by atoms with Crippen LogP contribution < -0.4 is 0 Å². The molecule has 0 saturated carbocycles. The highest BCUT2D eigenvalue weighted by molar-refractivity contribution is 4.69. The van der Waals surface area contributed by atoms with E-state index in [1.54, 1.807) is 0 Å². The lowest BCUT2D eigenvalue weighted by atomic mass is 10.1. The van der Waals surface area contributed by atoms with Crippen LogP contribution in [0, 0.1) is 11.8 Å². The summed E-state index contributed by atoms with van der Waals surface area (Å²) in [5.41, 5.74) is 0. The lowest BCUT2D eigenvalue weighted by Crippen LogP contribution is -2.14.